The highest BCUT2D eigenvalue weighted by molar-refractivity contribution is 9.09. The van der Waals surface area contributed by atoms with Crippen LogP contribution in [0, 0.1) is 0 Å². The minimum absolute atomic E-state index is 0.0868. The molecule has 0 aliphatic heterocycles. The number of rotatable bonds is 9. The summed E-state index contributed by atoms with van der Waals surface area (Å²) in [4.78, 5) is 11.1. The number of carbonyl (C=O) groups is 1. The van der Waals surface area contributed by atoms with Crippen LogP contribution in [0.15, 0.2) is 48.5 Å². The summed E-state index contributed by atoms with van der Waals surface area (Å²) in [6.07, 6.45) is 0.586. The molecule has 2 rings (SSSR count). The van der Waals surface area contributed by atoms with E-state index in [4.69, 9.17) is 9.16 Å². The molecule has 152 valence electrons. The summed E-state index contributed by atoms with van der Waals surface area (Å²) in [5.41, 5.74) is 2.73. The van der Waals surface area contributed by atoms with Gasteiger partial charge in [0.25, 0.3) is 0 Å². The molecule has 1 N–H and O–H groups in total. The Kier molecular flexibility index (Phi) is 7.86. The molecule has 0 fully saturated rings. The van der Waals surface area contributed by atoms with Crippen LogP contribution in [-0.4, -0.2) is 20.1 Å². The van der Waals surface area contributed by atoms with Crippen molar-refractivity contribution in [1.29, 1.82) is 0 Å². The van der Waals surface area contributed by atoms with E-state index in [1.165, 1.54) is 0 Å². The fourth-order valence-corrected chi connectivity index (χ4v) is 4.54. The topological polar surface area (TPSA) is 47.6 Å². The molecule has 0 heterocycles. The van der Waals surface area contributed by atoms with E-state index in [0.717, 1.165) is 11.1 Å². The SMILES string of the molecule is CC(C)(C)[Si](C)(C)O[C@H](CBr)c1ccc(OCc2ccccc2)c(NC=O)c1. The third-order valence-corrected chi connectivity index (χ3v) is 10.3. The molecule has 0 spiro atoms. The molecule has 0 saturated heterocycles. The highest BCUT2D eigenvalue weighted by Gasteiger charge is 2.39. The highest BCUT2D eigenvalue weighted by Crippen LogP contribution is 2.41. The Balaban J connectivity index is 2.23. The summed E-state index contributed by atoms with van der Waals surface area (Å²) in [7, 11) is -1.93. The van der Waals surface area contributed by atoms with Crippen LogP contribution in [0.2, 0.25) is 18.1 Å². The summed E-state index contributed by atoms with van der Waals surface area (Å²) in [6, 6.07) is 15.8. The molecule has 2 aromatic rings. The molecule has 1 atom stereocenters. The van der Waals surface area contributed by atoms with Gasteiger partial charge in [-0.15, -0.1) is 0 Å². The molecule has 2 aromatic carbocycles. The molecule has 0 saturated carbocycles. The zero-order valence-electron chi connectivity index (χ0n) is 17.3. The number of ether oxygens (including phenoxy) is 1. The van der Waals surface area contributed by atoms with Crippen LogP contribution in [0.3, 0.4) is 0 Å². The van der Waals surface area contributed by atoms with E-state index in [1.54, 1.807) is 0 Å². The van der Waals surface area contributed by atoms with E-state index in [-0.39, 0.29) is 11.1 Å². The number of hydrogen-bond acceptors (Lipinski definition) is 3. The van der Waals surface area contributed by atoms with E-state index in [9.17, 15) is 4.79 Å². The summed E-state index contributed by atoms with van der Waals surface area (Å²) in [5.74, 6) is 0.639. The van der Waals surface area contributed by atoms with Crippen LogP contribution in [0.4, 0.5) is 5.69 Å². The first-order valence-electron chi connectivity index (χ1n) is 9.42. The van der Waals surface area contributed by atoms with Crippen molar-refractivity contribution in [2.45, 2.75) is 51.6 Å². The number of amides is 1. The number of benzene rings is 2. The van der Waals surface area contributed by atoms with Gasteiger partial charge in [-0.1, -0.05) is 73.1 Å². The Morgan fingerprint density at radius 3 is 2.39 bits per heavy atom. The predicted molar refractivity (Wildman–Crippen MR) is 122 cm³/mol. The lowest BCUT2D eigenvalue weighted by Gasteiger charge is -2.39. The van der Waals surface area contributed by atoms with Gasteiger partial charge in [-0.25, -0.2) is 0 Å². The lowest BCUT2D eigenvalue weighted by Crippen LogP contribution is -2.42. The molecular formula is C22H30BrNO3Si. The van der Waals surface area contributed by atoms with Gasteiger partial charge < -0.3 is 14.5 Å². The summed E-state index contributed by atoms with van der Waals surface area (Å²) in [5, 5.41) is 3.57. The first kappa shape index (κ1) is 22.7. The van der Waals surface area contributed by atoms with Crippen LogP contribution < -0.4 is 10.1 Å². The average molecular weight is 464 g/mol. The van der Waals surface area contributed by atoms with Gasteiger partial charge >= 0.3 is 0 Å². The van der Waals surface area contributed by atoms with Crippen molar-refractivity contribution in [2.24, 2.45) is 0 Å². The normalized spacial score (nSPS) is 13.1. The molecule has 0 aromatic heterocycles. The highest BCUT2D eigenvalue weighted by atomic mass is 79.9. The molecule has 4 nitrogen and oxygen atoms in total. The number of anilines is 1. The molecule has 0 aliphatic carbocycles. The molecule has 0 bridgehead atoms. The van der Waals surface area contributed by atoms with Crippen LogP contribution in [0.1, 0.15) is 38.0 Å². The Labute approximate surface area is 177 Å². The van der Waals surface area contributed by atoms with E-state index < -0.39 is 8.32 Å². The van der Waals surface area contributed by atoms with Gasteiger partial charge in [0.05, 0.1) is 11.8 Å². The number of halogens is 1. The second-order valence-corrected chi connectivity index (χ2v) is 13.7. The first-order valence-corrected chi connectivity index (χ1v) is 13.5. The van der Waals surface area contributed by atoms with Gasteiger partial charge in [0.15, 0.2) is 8.32 Å². The van der Waals surface area contributed by atoms with E-state index >= 15 is 0 Å². The largest absolute Gasteiger partial charge is 0.487 e. The lowest BCUT2D eigenvalue weighted by atomic mass is 10.1. The molecule has 1 amide bonds. The van der Waals surface area contributed by atoms with E-state index in [2.05, 4.69) is 55.1 Å². The molecule has 0 aliphatic rings. The minimum Gasteiger partial charge on any atom is -0.487 e. The Morgan fingerprint density at radius 2 is 1.82 bits per heavy atom. The second-order valence-electron chi connectivity index (χ2n) is 8.31. The van der Waals surface area contributed by atoms with Crippen LogP contribution >= 0.6 is 15.9 Å². The van der Waals surface area contributed by atoms with Crippen molar-refractivity contribution >= 4 is 36.3 Å². The number of carbonyl (C=O) groups excluding carboxylic acids is 1. The van der Waals surface area contributed by atoms with Crippen molar-refractivity contribution in [3.63, 3.8) is 0 Å². The molecule has 0 radical (unpaired) electrons. The Bertz CT molecular complexity index is 775. The maximum atomic E-state index is 11.1. The van der Waals surface area contributed by atoms with Gasteiger partial charge in [-0.3, -0.25) is 4.79 Å². The van der Waals surface area contributed by atoms with Crippen molar-refractivity contribution in [3.8, 4) is 5.75 Å². The fourth-order valence-electron chi connectivity index (χ4n) is 2.51. The quantitative estimate of drug-likeness (QED) is 0.270. The molecule has 0 unspecified atom stereocenters. The smallest absolute Gasteiger partial charge is 0.211 e. The maximum Gasteiger partial charge on any atom is 0.211 e. The fraction of sp³-hybridized carbons (Fsp3) is 0.409. The van der Waals surface area contributed by atoms with E-state index in [1.807, 2.05) is 48.5 Å². The lowest BCUT2D eigenvalue weighted by molar-refractivity contribution is -0.105. The van der Waals surface area contributed by atoms with Gasteiger partial charge in [0.1, 0.15) is 12.4 Å². The molecular weight excluding hydrogens is 434 g/mol. The zero-order valence-corrected chi connectivity index (χ0v) is 19.9. The molecule has 28 heavy (non-hydrogen) atoms. The third-order valence-electron chi connectivity index (χ3n) is 5.21. The van der Waals surface area contributed by atoms with Gasteiger partial charge in [-0.2, -0.15) is 0 Å². The van der Waals surface area contributed by atoms with Crippen LogP contribution in [-0.2, 0) is 15.8 Å². The average Bonchev–Trinajstić information content (AvgIpc) is 2.65. The minimum atomic E-state index is -1.93. The summed E-state index contributed by atoms with van der Waals surface area (Å²) in [6.45, 7) is 11.6. The van der Waals surface area contributed by atoms with Gasteiger partial charge in [0, 0.05) is 5.33 Å². The van der Waals surface area contributed by atoms with Crippen molar-refractivity contribution in [3.05, 3.63) is 59.7 Å². The zero-order chi connectivity index (χ0) is 20.8. The van der Waals surface area contributed by atoms with E-state index in [0.29, 0.717) is 29.8 Å². The molecule has 6 heteroatoms. The van der Waals surface area contributed by atoms with Crippen LogP contribution in [0.5, 0.6) is 5.75 Å². The van der Waals surface area contributed by atoms with Crippen LogP contribution in [0.25, 0.3) is 0 Å². The summed E-state index contributed by atoms with van der Waals surface area (Å²) >= 11 is 3.59. The standard InChI is InChI=1S/C22H30BrNO3Si/c1-22(2,3)28(4,5)27-21(14-23)18-11-12-20(19(13-18)24-16-25)26-15-17-9-7-6-8-10-17/h6-13,16,21H,14-15H2,1-5H3,(H,24,25)/t21-/m1/s1. The summed E-state index contributed by atoms with van der Waals surface area (Å²) < 4.78 is 12.5. The van der Waals surface area contributed by atoms with Gasteiger partial charge in [0.2, 0.25) is 6.41 Å². The van der Waals surface area contributed by atoms with Crippen molar-refractivity contribution in [1.82, 2.24) is 0 Å². The number of alkyl halides is 1. The first-order chi connectivity index (χ1) is 13.2. The monoisotopic (exact) mass is 463 g/mol. The Morgan fingerprint density at radius 1 is 1.14 bits per heavy atom. The van der Waals surface area contributed by atoms with Gasteiger partial charge in [-0.05, 0) is 41.4 Å². The Hall–Kier alpha value is -1.63. The number of hydrogen-bond donors (Lipinski definition) is 1. The maximum absolute atomic E-state index is 11.1. The third kappa shape index (κ3) is 5.93. The second kappa shape index (κ2) is 9.72. The van der Waals surface area contributed by atoms with Crippen molar-refractivity contribution < 1.29 is 14.0 Å². The number of nitrogens with one attached hydrogen (secondary N) is 1. The predicted octanol–water partition coefficient (Wildman–Crippen LogP) is 6.29. The van der Waals surface area contributed by atoms with Crippen molar-refractivity contribution in [2.75, 3.05) is 10.6 Å².